The number of halogens is 1. The molecule has 0 aliphatic carbocycles. The summed E-state index contributed by atoms with van der Waals surface area (Å²) < 4.78 is 24.9. The van der Waals surface area contributed by atoms with Crippen LogP contribution in [-0.4, -0.2) is 24.1 Å². The quantitative estimate of drug-likeness (QED) is 0.659. The van der Waals surface area contributed by atoms with E-state index >= 15 is 0 Å². The van der Waals surface area contributed by atoms with Gasteiger partial charge >= 0.3 is 0 Å². The van der Waals surface area contributed by atoms with Crippen LogP contribution in [-0.2, 0) is 0 Å². The molecule has 0 radical (unpaired) electrons. The van der Waals surface area contributed by atoms with E-state index < -0.39 is 11.7 Å². The number of anilines is 1. The molecule has 0 atom stereocenters. The normalized spacial score (nSPS) is 11.9. The van der Waals surface area contributed by atoms with E-state index in [1.165, 1.54) is 18.2 Å². The summed E-state index contributed by atoms with van der Waals surface area (Å²) >= 11 is 0. The SMILES string of the molecule is CC.Cc1cc2c(cc1-c1ccc(NC(=O)c3ccccc3F)cn1)OCCO2. The number of nitrogens with zero attached hydrogens (tertiary/aromatic N) is 1. The molecule has 1 aromatic heterocycles. The number of fused-ring (bicyclic) bond motifs is 1. The molecule has 1 amide bonds. The Bertz CT molecular complexity index is 1000. The third-order valence-corrected chi connectivity index (χ3v) is 4.30. The Balaban J connectivity index is 0.00000117. The van der Waals surface area contributed by atoms with Crippen LogP contribution in [0.25, 0.3) is 11.3 Å². The topological polar surface area (TPSA) is 60.5 Å². The van der Waals surface area contributed by atoms with Gasteiger partial charge in [0.15, 0.2) is 11.5 Å². The van der Waals surface area contributed by atoms with Crippen LogP contribution in [0.15, 0.2) is 54.7 Å². The van der Waals surface area contributed by atoms with Crippen molar-refractivity contribution < 1.29 is 18.7 Å². The molecule has 0 spiro atoms. The Morgan fingerprint density at radius 1 is 1.03 bits per heavy atom. The van der Waals surface area contributed by atoms with E-state index in [0.717, 1.165) is 22.6 Å². The van der Waals surface area contributed by atoms with Crippen molar-refractivity contribution in [3.05, 3.63) is 71.7 Å². The molecule has 1 aliphatic heterocycles. The molecule has 150 valence electrons. The van der Waals surface area contributed by atoms with E-state index in [4.69, 9.17) is 9.47 Å². The second-order valence-electron chi connectivity index (χ2n) is 6.18. The Morgan fingerprint density at radius 2 is 1.72 bits per heavy atom. The van der Waals surface area contributed by atoms with E-state index in [2.05, 4.69) is 10.3 Å². The van der Waals surface area contributed by atoms with Crippen molar-refractivity contribution in [2.45, 2.75) is 20.8 Å². The van der Waals surface area contributed by atoms with Gasteiger partial charge in [0.2, 0.25) is 0 Å². The molecule has 2 aromatic carbocycles. The second kappa shape index (κ2) is 9.19. The molecule has 0 bridgehead atoms. The number of rotatable bonds is 3. The van der Waals surface area contributed by atoms with Gasteiger partial charge in [0, 0.05) is 5.56 Å². The van der Waals surface area contributed by atoms with Gasteiger partial charge in [-0.25, -0.2) is 4.39 Å². The first-order chi connectivity index (χ1) is 14.1. The van der Waals surface area contributed by atoms with Crippen molar-refractivity contribution in [2.75, 3.05) is 18.5 Å². The molecule has 0 fully saturated rings. The van der Waals surface area contributed by atoms with Crippen molar-refractivity contribution >= 4 is 11.6 Å². The number of carbonyl (C=O) groups excluding carboxylic acids is 1. The van der Waals surface area contributed by atoms with Crippen LogP contribution in [0, 0.1) is 12.7 Å². The number of nitrogens with one attached hydrogen (secondary N) is 1. The molecule has 4 rings (SSSR count). The van der Waals surface area contributed by atoms with Gasteiger partial charge in [-0.15, -0.1) is 0 Å². The Kier molecular flexibility index (Phi) is 6.44. The molecule has 3 aromatic rings. The highest BCUT2D eigenvalue weighted by Gasteiger charge is 2.16. The number of ether oxygens (including phenoxy) is 2. The zero-order valence-corrected chi connectivity index (χ0v) is 16.7. The van der Waals surface area contributed by atoms with Crippen LogP contribution in [0.1, 0.15) is 29.8 Å². The number of amides is 1. The average molecular weight is 394 g/mol. The maximum Gasteiger partial charge on any atom is 0.258 e. The molecular weight excluding hydrogens is 371 g/mol. The Hall–Kier alpha value is -3.41. The summed E-state index contributed by atoms with van der Waals surface area (Å²) in [5.41, 5.74) is 3.15. The lowest BCUT2D eigenvalue weighted by Gasteiger charge is -2.20. The smallest absolute Gasteiger partial charge is 0.258 e. The van der Waals surface area contributed by atoms with Gasteiger partial charge < -0.3 is 14.8 Å². The number of aromatic nitrogens is 1. The molecule has 1 N–H and O–H groups in total. The molecule has 0 saturated carbocycles. The summed E-state index contributed by atoms with van der Waals surface area (Å²) in [7, 11) is 0. The van der Waals surface area contributed by atoms with Crippen LogP contribution < -0.4 is 14.8 Å². The summed E-state index contributed by atoms with van der Waals surface area (Å²) in [4.78, 5) is 16.6. The summed E-state index contributed by atoms with van der Waals surface area (Å²) in [6, 6.07) is 13.2. The fourth-order valence-electron chi connectivity index (χ4n) is 2.94. The Morgan fingerprint density at radius 3 is 2.38 bits per heavy atom. The summed E-state index contributed by atoms with van der Waals surface area (Å²) in [5.74, 6) is 0.349. The standard InChI is InChI=1S/C21H17FN2O3.C2H6/c1-13-10-19-20(27-9-8-26-19)11-16(13)18-7-6-14(12-23-18)24-21(25)15-4-2-3-5-17(15)22;1-2/h2-7,10-12H,8-9H2,1H3,(H,24,25);1-2H3. The summed E-state index contributed by atoms with van der Waals surface area (Å²) in [6.45, 7) is 7.04. The van der Waals surface area contributed by atoms with Crippen molar-refractivity contribution in [3.8, 4) is 22.8 Å². The van der Waals surface area contributed by atoms with E-state index in [1.54, 1.807) is 24.4 Å². The van der Waals surface area contributed by atoms with Crippen molar-refractivity contribution in [1.82, 2.24) is 4.98 Å². The van der Waals surface area contributed by atoms with Gasteiger partial charge in [0.1, 0.15) is 19.0 Å². The minimum atomic E-state index is -0.563. The van der Waals surface area contributed by atoms with Gasteiger partial charge in [-0.05, 0) is 48.9 Å². The second-order valence-corrected chi connectivity index (χ2v) is 6.18. The first kappa shape index (κ1) is 20.3. The van der Waals surface area contributed by atoms with Gasteiger partial charge in [-0.2, -0.15) is 0 Å². The molecule has 5 nitrogen and oxygen atoms in total. The zero-order valence-electron chi connectivity index (χ0n) is 16.7. The van der Waals surface area contributed by atoms with Crippen LogP contribution in [0.5, 0.6) is 11.5 Å². The van der Waals surface area contributed by atoms with Crippen LogP contribution >= 0.6 is 0 Å². The van der Waals surface area contributed by atoms with E-state index in [9.17, 15) is 9.18 Å². The first-order valence-electron chi connectivity index (χ1n) is 9.54. The molecule has 2 heterocycles. The number of benzene rings is 2. The molecular formula is C23H23FN2O3. The predicted octanol–water partition coefficient (Wildman–Crippen LogP) is 5.25. The van der Waals surface area contributed by atoms with Crippen molar-refractivity contribution in [1.29, 1.82) is 0 Å². The monoisotopic (exact) mass is 394 g/mol. The lowest BCUT2D eigenvalue weighted by Crippen LogP contribution is -2.15. The number of aryl methyl sites for hydroxylation is 1. The highest BCUT2D eigenvalue weighted by molar-refractivity contribution is 6.04. The van der Waals surface area contributed by atoms with Crippen LogP contribution in [0.2, 0.25) is 0 Å². The fourth-order valence-corrected chi connectivity index (χ4v) is 2.94. The fraction of sp³-hybridized carbons (Fsp3) is 0.217. The van der Waals surface area contributed by atoms with Gasteiger partial charge in [0.05, 0.1) is 23.1 Å². The highest BCUT2D eigenvalue weighted by atomic mass is 19.1. The Labute approximate surface area is 169 Å². The number of hydrogen-bond acceptors (Lipinski definition) is 4. The summed E-state index contributed by atoms with van der Waals surface area (Å²) in [6.07, 6.45) is 1.55. The average Bonchev–Trinajstić information content (AvgIpc) is 2.75. The predicted molar refractivity (Wildman–Crippen MR) is 111 cm³/mol. The molecule has 29 heavy (non-hydrogen) atoms. The molecule has 0 saturated heterocycles. The van der Waals surface area contributed by atoms with Gasteiger partial charge in [-0.3, -0.25) is 9.78 Å². The third kappa shape index (κ3) is 4.54. The van der Waals surface area contributed by atoms with E-state index in [-0.39, 0.29) is 5.56 Å². The third-order valence-electron chi connectivity index (χ3n) is 4.30. The lowest BCUT2D eigenvalue weighted by molar-refractivity contribution is 0.102. The van der Waals surface area contributed by atoms with Crippen molar-refractivity contribution in [3.63, 3.8) is 0 Å². The van der Waals surface area contributed by atoms with Crippen LogP contribution in [0.4, 0.5) is 10.1 Å². The molecule has 0 unspecified atom stereocenters. The summed E-state index contributed by atoms with van der Waals surface area (Å²) in [5, 5.41) is 2.66. The number of carbonyl (C=O) groups is 1. The minimum absolute atomic E-state index is 0.00995. The van der Waals surface area contributed by atoms with E-state index in [1.807, 2.05) is 32.9 Å². The van der Waals surface area contributed by atoms with Crippen molar-refractivity contribution in [2.24, 2.45) is 0 Å². The van der Waals surface area contributed by atoms with Crippen LogP contribution in [0.3, 0.4) is 0 Å². The minimum Gasteiger partial charge on any atom is -0.486 e. The number of hydrogen-bond donors (Lipinski definition) is 1. The van der Waals surface area contributed by atoms with Gasteiger partial charge in [0.25, 0.3) is 5.91 Å². The maximum atomic E-state index is 13.7. The first-order valence-corrected chi connectivity index (χ1v) is 9.54. The molecule has 1 aliphatic rings. The molecule has 6 heteroatoms. The largest absolute Gasteiger partial charge is 0.486 e. The maximum absolute atomic E-state index is 13.7. The highest BCUT2D eigenvalue weighted by Crippen LogP contribution is 2.36. The van der Waals surface area contributed by atoms with E-state index in [0.29, 0.717) is 24.7 Å². The lowest BCUT2D eigenvalue weighted by atomic mass is 10.0. The van der Waals surface area contributed by atoms with Gasteiger partial charge in [-0.1, -0.05) is 26.0 Å². The zero-order chi connectivity index (χ0) is 20.8. The number of pyridine rings is 1.